The minimum atomic E-state index is -0.0300. The highest BCUT2D eigenvalue weighted by Gasteiger charge is 2.32. The second-order valence-electron chi connectivity index (χ2n) is 6.89. The number of aromatic nitrogens is 2. The van der Waals surface area contributed by atoms with Crippen LogP contribution in [0.2, 0.25) is 0 Å². The number of rotatable bonds is 5. The minimum Gasteiger partial charge on any atom is -0.380 e. The van der Waals surface area contributed by atoms with Crippen LogP contribution in [0, 0.1) is 5.92 Å². The summed E-state index contributed by atoms with van der Waals surface area (Å²) in [7, 11) is 0. The van der Waals surface area contributed by atoms with E-state index in [0.29, 0.717) is 6.54 Å². The number of hydrogen-bond acceptors (Lipinski definition) is 4. The van der Waals surface area contributed by atoms with Gasteiger partial charge in [-0.1, -0.05) is 6.58 Å². The zero-order chi connectivity index (χ0) is 17.4. The van der Waals surface area contributed by atoms with Gasteiger partial charge >= 0.3 is 0 Å². The quantitative estimate of drug-likeness (QED) is 0.649. The number of carbonyl (C=O) groups excluding carboxylic acids is 2. The Balaban J connectivity index is 1.60. The molecule has 2 aliphatic rings. The second-order valence-corrected chi connectivity index (χ2v) is 6.89. The maximum absolute atomic E-state index is 12.6. The zero-order valence-electron chi connectivity index (χ0n) is 14.1. The first-order valence-electron chi connectivity index (χ1n) is 8.85. The van der Waals surface area contributed by atoms with Crippen molar-refractivity contribution in [3.8, 4) is 0 Å². The highest BCUT2D eigenvalue weighted by molar-refractivity contribution is 6.12. The van der Waals surface area contributed by atoms with Crippen molar-refractivity contribution in [2.75, 3.05) is 18.4 Å². The summed E-state index contributed by atoms with van der Waals surface area (Å²) in [5, 5.41) is 4.40. The molecule has 1 amide bonds. The molecule has 1 saturated carbocycles. The van der Waals surface area contributed by atoms with Crippen LogP contribution in [0.5, 0.6) is 0 Å². The summed E-state index contributed by atoms with van der Waals surface area (Å²) in [6, 6.07) is 2.07. The zero-order valence-corrected chi connectivity index (χ0v) is 14.1. The molecular formula is C19H22N4O2. The van der Waals surface area contributed by atoms with Gasteiger partial charge in [0.05, 0.1) is 5.39 Å². The van der Waals surface area contributed by atoms with E-state index in [4.69, 9.17) is 0 Å². The number of anilines is 1. The lowest BCUT2D eigenvalue weighted by Crippen LogP contribution is -2.44. The summed E-state index contributed by atoms with van der Waals surface area (Å²) in [6.45, 7) is 4.98. The molecule has 0 radical (unpaired) electrons. The first kappa shape index (κ1) is 15.9. The van der Waals surface area contributed by atoms with Crippen molar-refractivity contribution in [1.82, 2.24) is 14.9 Å². The molecule has 2 fully saturated rings. The van der Waals surface area contributed by atoms with Gasteiger partial charge in [-0.3, -0.25) is 9.59 Å². The average molecular weight is 338 g/mol. The molecule has 0 bridgehead atoms. The predicted molar refractivity (Wildman–Crippen MR) is 96.6 cm³/mol. The topological polar surface area (TPSA) is 78.1 Å². The van der Waals surface area contributed by atoms with Crippen LogP contribution in [0.1, 0.15) is 36.0 Å². The third-order valence-corrected chi connectivity index (χ3v) is 5.05. The van der Waals surface area contributed by atoms with E-state index in [0.717, 1.165) is 54.5 Å². The van der Waals surface area contributed by atoms with E-state index >= 15 is 0 Å². The molecule has 130 valence electrons. The molecule has 4 rings (SSSR count). The summed E-state index contributed by atoms with van der Waals surface area (Å²) >= 11 is 0. The number of piperidine rings is 1. The van der Waals surface area contributed by atoms with Gasteiger partial charge in [-0.15, -0.1) is 0 Å². The van der Waals surface area contributed by atoms with E-state index < -0.39 is 0 Å². The molecule has 6 nitrogen and oxygen atoms in total. The van der Waals surface area contributed by atoms with E-state index in [9.17, 15) is 9.59 Å². The van der Waals surface area contributed by atoms with Gasteiger partial charge in [0, 0.05) is 48.7 Å². The van der Waals surface area contributed by atoms with E-state index in [1.54, 1.807) is 12.4 Å². The van der Waals surface area contributed by atoms with Crippen LogP contribution in [-0.4, -0.2) is 45.7 Å². The molecule has 3 heterocycles. The predicted octanol–water partition coefficient (Wildman–Crippen LogP) is 2.74. The van der Waals surface area contributed by atoms with Gasteiger partial charge < -0.3 is 15.2 Å². The molecule has 0 aromatic carbocycles. The summed E-state index contributed by atoms with van der Waals surface area (Å²) in [4.78, 5) is 33.7. The van der Waals surface area contributed by atoms with Crippen LogP contribution in [0.25, 0.3) is 11.0 Å². The van der Waals surface area contributed by atoms with E-state index in [1.165, 1.54) is 6.08 Å². The molecule has 6 heteroatoms. The smallest absolute Gasteiger partial charge is 0.246 e. The lowest BCUT2D eigenvalue weighted by molar-refractivity contribution is -0.127. The Morgan fingerprint density at radius 1 is 1.36 bits per heavy atom. The number of Topliss-reactive ketones (excluding diaryl/α,β-unsaturated/α-hetero) is 1. The average Bonchev–Trinajstić information content (AvgIpc) is 3.40. The lowest BCUT2D eigenvalue weighted by Gasteiger charge is -2.33. The van der Waals surface area contributed by atoms with Crippen molar-refractivity contribution in [3.05, 3.63) is 36.7 Å². The van der Waals surface area contributed by atoms with Crippen molar-refractivity contribution in [2.24, 2.45) is 5.92 Å². The second kappa shape index (κ2) is 6.35. The van der Waals surface area contributed by atoms with Crippen molar-refractivity contribution in [2.45, 2.75) is 31.7 Å². The molecule has 2 aromatic rings. The van der Waals surface area contributed by atoms with E-state index in [1.807, 2.05) is 11.0 Å². The number of nitrogens with one attached hydrogen (secondary N) is 2. The van der Waals surface area contributed by atoms with Crippen LogP contribution in [0.3, 0.4) is 0 Å². The molecule has 1 atom stereocenters. The van der Waals surface area contributed by atoms with Gasteiger partial charge in [0.15, 0.2) is 5.78 Å². The maximum atomic E-state index is 12.6. The highest BCUT2D eigenvalue weighted by Crippen LogP contribution is 2.36. The SMILES string of the molecule is C=CC(=O)N1CCCC(Nc2ccnc3[nH]cc(C(=O)C4CC4)c23)C1. The van der Waals surface area contributed by atoms with E-state index in [2.05, 4.69) is 21.9 Å². The summed E-state index contributed by atoms with van der Waals surface area (Å²) in [5.74, 6) is 0.342. The van der Waals surface area contributed by atoms with Gasteiger partial charge in [-0.05, 0) is 37.8 Å². The Bertz CT molecular complexity index is 837. The normalized spacial score (nSPS) is 20.5. The molecule has 2 N–H and O–H groups in total. The number of carbonyl (C=O) groups is 2. The third kappa shape index (κ3) is 3.04. The number of pyridine rings is 1. The monoisotopic (exact) mass is 338 g/mol. The fraction of sp³-hybridized carbons (Fsp3) is 0.421. The van der Waals surface area contributed by atoms with Gasteiger partial charge in [0.1, 0.15) is 5.65 Å². The Hall–Kier alpha value is -2.63. The minimum absolute atomic E-state index is 0.0300. The number of hydrogen-bond donors (Lipinski definition) is 2. The van der Waals surface area contributed by atoms with E-state index in [-0.39, 0.29) is 23.7 Å². The number of ketones is 1. The van der Waals surface area contributed by atoms with Crippen LogP contribution < -0.4 is 5.32 Å². The van der Waals surface area contributed by atoms with Crippen molar-refractivity contribution in [1.29, 1.82) is 0 Å². The lowest BCUT2D eigenvalue weighted by atomic mass is 10.0. The first-order chi connectivity index (χ1) is 12.2. The van der Waals surface area contributed by atoms with Gasteiger partial charge in [0.2, 0.25) is 5.91 Å². The molecular weight excluding hydrogens is 316 g/mol. The van der Waals surface area contributed by atoms with Gasteiger partial charge in [0.25, 0.3) is 0 Å². The van der Waals surface area contributed by atoms with Crippen LogP contribution in [0.15, 0.2) is 31.1 Å². The fourth-order valence-corrected chi connectivity index (χ4v) is 3.58. The Morgan fingerprint density at radius 3 is 2.96 bits per heavy atom. The van der Waals surface area contributed by atoms with Gasteiger partial charge in [-0.25, -0.2) is 4.98 Å². The van der Waals surface area contributed by atoms with Crippen molar-refractivity contribution >= 4 is 28.4 Å². The standard InChI is InChI=1S/C19H22N4O2/c1-2-16(24)23-9-3-4-13(11-23)22-15-7-8-20-19-17(15)14(10-21-19)18(25)12-5-6-12/h2,7-8,10,12-13H,1,3-6,9,11H2,(H2,20,21,22). The molecule has 2 aromatic heterocycles. The highest BCUT2D eigenvalue weighted by atomic mass is 16.2. The largest absolute Gasteiger partial charge is 0.380 e. The molecule has 1 saturated heterocycles. The number of aromatic amines is 1. The van der Waals surface area contributed by atoms with Crippen LogP contribution in [-0.2, 0) is 4.79 Å². The Morgan fingerprint density at radius 2 is 2.20 bits per heavy atom. The molecule has 0 spiro atoms. The maximum Gasteiger partial charge on any atom is 0.246 e. The Labute approximate surface area is 146 Å². The number of likely N-dealkylation sites (tertiary alicyclic amines) is 1. The third-order valence-electron chi connectivity index (χ3n) is 5.05. The number of amides is 1. The van der Waals surface area contributed by atoms with Crippen molar-refractivity contribution < 1.29 is 9.59 Å². The fourth-order valence-electron chi connectivity index (χ4n) is 3.58. The first-order valence-corrected chi connectivity index (χ1v) is 8.85. The Kier molecular flexibility index (Phi) is 4.03. The summed E-state index contributed by atoms with van der Waals surface area (Å²) < 4.78 is 0. The number of nitrogens with zero attached hydrogens (tertiary/aromatic N) is 2. The number of H-pyrrole nitrogens is 1. The molecule has 1 aliphatic heterocycles. The number of fused-ring (bicyclic) bond motifs is 1. The summed E-state index contributed by atoms with van der Waals surface area (Å²) in [5.41, 5.74) is 2.36. The van der Waals surface area contributed by atoms with Crippen LogP contribution in [0.4, 0.5) is 5.69 Å². The molecule has 1 aliphatic carbocycles. The van der Waals surface area contributed by atoms with Crippen LogP contribution >= 0.6 is 0 Å². The van der Waals surface area contributed by atoms with Crippen molar-refractivity contribution in [3.63, 3.8) is 0 Å². The molecule has 25 heavy (non-hydrogen) atoms. The van der Waals surface area contributed by atoms with Gasteiger partial charge in [-0.2, -0.15) is 0 Å². The summed E-state index contributed by atoms with van der Waals surface area (Å²) in [6.07, 6.45) is 8.78. The molecule has 1 unspecified atom stereocenters.